The molecule has 2 N–H and O–H groups in total. The monoisotopic (exact) mass is 268 g/mol. The fraction of sp³-hybridized carbons (Fsp3) is 0.200. The Morgan fingerprint density at radius 1 is 1.25 bits per heavy atom. The number of fused-ring (bicyclic) bond motifs is 1. The summed E-state index contributed by atoms with van der Waals surface area (Å²) in [7, 11) is 0. The van der Waals surface area contributed by atoms with Gasteiger partial charge in [0.15, 0.2) is 0 Å². The topological polar surface area (TPSA) is 65.4 Å². The third-order valence-electron chi connectivity index (χ3n) is 3.17. The van der Waals surface area contributed by atoms with Gasteiger partial charge in [-0.25, -0.2) is 9.50 Å². The molecule has 0 aliphatic heterocycles. The first-order valence-electron chi connectivity index (χ1n) is 6.46. The van der Waals surface area contributed by atoms with Crippen LogP contribution in [-0.4, -0.2) is 14.6 Å². The molecule has 0 amide bonds. The quantitative estimate of drug-likeness (QED) is 0.793. The van der Waals surface area contributed by atoms with Gasteiger partial charge in [0.1, 0.15) is 11.3 Å². The van der Waals surface area contributed by atoms with E-state index in [9.17, 15) is 0 Å². The van der Waals surface area contributed by atoms with Gasteiger partial charge >= 0.3 is 0 Å². The summed E-state index contributed by atoms with van der Waals surface area (Å²) in [4.78, 5) is 4.30. The van der Waals surface area contributed by atoms with E-state index in [1.54, 1.807) is 16.9 Å². The Morgan fingerprint density at radius 3 is 2.90 bits per heavy atom. The van der Waals surface area contributed by atoms with Gasteiger partial charge in [0, 0.05) is 18.9 Å². The van der Waals surface area contributed by atoms with Gasteiger partial charge in [-0.15, -0.1) is 0 Å². The third kappa shape index (κ3) is 2.23. The number of aryl methyl sites for hydroxylation is 2. The summed E-state index contributed by atoms with van der Waals surface area (Å²) in [5, 5.41) is 4.35. The fourth-order valence-corrected chi connectivity index (χ4v) is 2.08. The molecule has 1 aromatic carbocycles. The van der Waals surface area contributed by atoms with Crippen molar-refractivity contribution in [3.8, 4) is 11.6 Å². The maximum atomic E-state index is 5.95. The molecular weight excluding hydrogens is 252 g/mol. The second kappa shape index (κ2) is 4.94. The first kappa shape index (κ1) is 12.6. The zero-order valence-electron chi connectivity index (χ0n) is 11.5. The zero-order chi connectivity index (χ0) is 14.1. The van der Waals surface area contributed by atoms with Crippen molar-refractivity contribution < 1.29 is 4.74 Å². The minimum atomic E-state index is 0.486. The molecule has 3 aromatic rings. The molecule has 0 unspecified atom stereocenters. The second-order valence-corrected chi connectivity index (χ2v) is 4.75. The number of nitrogens with zero attached hydrogens (tertiary/aromatic N) is 3. The van der Waals surface area contributed by atoms with Gasteiger partial charge in [0.2, 0.25) is 5.88 Å². The SMILES string of the molecule is Cc1cc2c(Oc3cc(CN)ccc3C)nccn2n1. The summed E-state index contributed by atoms with van der Waals surface area (Å²) in [6, 6.07) is 7.90. The lowest BCUT2D eigenvalue weighted by atomic mass is 10.1. The van der Waals surface area contributed by atoms with Crippen LogP contribution < -0.4 is 10.5 Å². The molecule has 102 valence electrons. The number of ether oxygens (including phenoxy) is 1. The Morgan fingerprint density at radius 2 is 2.10 bits per heavy atom. The molecule has 0 spiro atoms. The molecule has 0 saturated heterocycles. The Bertz CT molecular complexity index is 764. The third-order valence-corrected chi connectivity index (χ3v) is 3.17. The van der Waals surface area contributed by atoms with Crippen molar-refractivity contribution in [3.05, 3.63) is 53.5 Å². The van der Waals surface area contributed by atoms with E-state index in [2.05, 4.69) is 10.1 Å². The lowest BCUT2D eigenvalue weighted by Gasteiger charge is -2.10. The first-order chi connectivity index (χ1) is 9.67. The number of nitrogens with two attached hydrogens (primary N) is 1. The highest BCUT2D eigenvalue weighted by molar-refractivity contribution is 5.58. The van der Waals surface area contributed by atoms with E-state index >= 15 is 0 Å². The maximum absolute atomic E-state index is 5.95. The predicted octanol–water partition coefficient (Wildman–Crippen LogP) is 2.60. The molecule has 2 heterocycles. The van der Waals surface area contributed by atoms with Crippen molar-refractivity contribution in [2.75, 3.05) is 0 Å². The molecule has 0 aliphatic rings. The molecule has 0 fully saturated rings. The predicted molar refractivity (Wildman–Crippen MR) is 76.9 cm³/mol. The molecule has 2 aromatic heterocycles. The van der Waals surface area contributed by atoms with Crippen LogP contribution in [0.1, 0.15) is 16.8 Å². The number of hydrogen-bond acceptors (Lipinski definition) is 4. The van der Waals surface area contributed by atoms with Gasteiger partial charge in [0.25, 0.3) is 0 Å². The van der Waals surface area contributed by atoms with Crippen LogP contribution in [0.2, 0.25) is 0 Å². The Balaban J connectivity index is 2.05. The van der Waals surface area contributed by atoms with Gasteiger partial charge in [-0.05, 0) is 37.1 Å². The molecule has 3 rings (SSSR count). The fourth-order valence-electron chi connectivity index (χ4n) is 2.08. The summed E-state index contributed by atoms with van der Waals surface area (Å²) < 4.78 is 7.71. The van der Waals surface area contributed by atoms with E-state index in [1.165, 1.54) is 0 Å². The van der Waals surface area contributed by atoms with Crippen LogP contribution in [0.3, 0.4) is 0 Å². The van der Waals surface area contributed by atoms with Crippen LogP contribution in [-0.2, 0) is 6.54 Å². The first-order valence-corrected chi connectivity index (χ1v) is 6.46. The van der Waals surface area contributed by atoms with Gasteiger partial charge < -0.3 is 10.5 Å². The highest BCUT2D eigenvalue weighted by Gasteiger charge is 2.09. The van der Waals surface area contributed by atoms with Crippen LogP contribution in [0.5, 0.6) is 11.6 Å². The molecule has 0 atom stereocenters. The van der Waals surface area contributed by atoms with Crippen molar-refractivity contribution in [1.82, 2.24) is 14.6 Å². The second-order valence-electron chi connectivity index (χ2n) is 4.75. The standard InChI is InChI=1S/C15H16N4O/c1-10-3-4-12(9-16)8-14(10)20-15-13-7-11(2)18-19(13)6-5-17-15/h3-8H,9,16H2,1-2H3. The van der Waals surface area contributed by atoms with Gasteiger partial charge in [0.05, 0.1) is 5.69 Å². The lowest BCUT2D eigenvalue weighted by molar-refractivity contribution is 0.461. The summed E-state index contributed by atoms with van der Waals surface area (Å²) in [5.74, 6) is 1.32. The summed E-state index contributed by atoms with van der Waals surface area (Å²) in [6.45, 7) is 4.43. The van der Waals surface area contributed by atoms with Crippen molar-refractivity contribution in [2.24, 2.45) is 5.73 Å². The highest BCUT2D eigenvalue weighted by atomic mass is 16.5. The molecule has 5 nitrogen and oxygen atoms in total. The molecular formula is C15H16N4O. The molecule has 0 radical (unpaired) electrons. The minimum Gasteiger partial charge on any atom is -0.437 e. The summed E-state index contributed by atoms with van der Waals surface area (Å²) >= 11 is 0. The van der Waals surface area contributed by atoms with E-state index in [1.807, 2.05) is 38.1 Å². The summed E-state index contributed by atoms with van der Waals surface area (Å²) in [5.41, 5.74) is 9.52. The Hall–Kier alpha value is -2.40. The van der Waals surface area contributed by atoms with Crippen LogP contribution in [0.25, 0.3) is 5.52 Å². The maximum Gasteiger partial charge on any atom is 0.245 e. The normalized spacial score (nSPS) is 10.9. The van der Waals surface area contributed by atoms with Gasteiger partial charge in [-0.3, -0.25) is 0 Å². The van der Waals surface area contributed by atoms with Crippen LogP contribution in [0.15, 0.2) is 36.7 Å². The lowest BCUT2D eigenvalue weighted by Crippen LogP contribution is -1.99. The summed E-state index contributed by atoms with van der Waals surface area (Å²) in [6.07, 6.45) is 3.48. The van der Waals surface area contributed by atoms with Crippen LogP contribution in [0.4, 0.5) is 0 Å². The largest absolute Gasteiger partial charge is 0.437 e. The van der Waals surface area contributed by atoms with Crippen LogP contribution >= 0.6 is 0 Å². The van der Waals surface area contributed by atoms with E-state index in [0.717, 1.165) is 28.1 Å². The molecule has 20 heavy (non-hydrogen) atoms. The zero-order valence-corrected chi connectivity index (χ0v) is 11.5. The highest BCUT2D eigenvalue weighted by Crippen LogP contribution is 2.27. The van der Waals surface area contributed by atoms with E-state index in [4.69, 9.17) is 10.5 Å². The van der Waals surface area contributed by atoms with E-state index in [0.29, 0.717) is 12.4 Å². The van der Waals surface area contributed by atoms with Gasteiger partial charge in [-0.2, -0.15) is 5.10 Å². The average Bonchev–Trinajstić information content (AvgIpc) is 2.82. The number of benzene rings is 1. The number of aromatic nitrogens is 3. The number of rotatable bonds is 3. The van der Waals surface area contributed by atoms with Crippen molar-refractivity contribution in [1.29, 1.82) is 0 Å². The van der Waals surface area contributed by atoms with Gasteiger partial charge in [-0.1, -0.05) is 12.1 Å². The minimum absolute atomic E-state index is 0.486. The molecule has 0 bridgehead atoms. The average molecular weight is 268 g/mol. The van der Waals surface area contributed by atoms with Crippen molar-refractivity contribution in [2.45, 2.75) is 20.4 Å². The van der Waals surface area contributed by atoms with Crippen LogP contribution in [0, 0.1) is 13.8 Å². The van der Waals surface area contributed by atoms with E-state index in [-0.39, 0.29) is 0 Å². The Kier molecular flexibility index (Phi) is 3.12. The molecule has 5 heteroatoms. The Labute approximate surface area is 117 Å². The number of hydrogen-bond donors (Lipinski definition) is 1. The smallest absolute Gasteiger partial charge is 0.245 e. The van der Waals surface area contributed by atoms with Crippen molar-refractivity contribution in [3.63, 3.8) is 0 Å². The van der Waals surface area contributed by atoms with E-state index < -0.39 is 0 Å². The molecule has 0 aliphatic carbocycles. The molecule has 0 saturated carbocycles. The van der Waals surface area contributed by atoms with Crippen molar-refractivity contribution >= 4 is 5.52 Å².